The molecule has 0 atom stereocenters. The number of nitrogens with one attached hydrogen (secondary N) is 1. The minimum atomic E-state index is 0.0341. The summed E-state index contributed by atoms with van der Waals surface area (Å²) in [7, 11) is 0. The molecule has 78 valence electrons. The summed E-state index contributed by atoms with van der Waals surface area (Å²) in [5.41, 5.74) is 3.19. The van der Waals surface area contributed by atoms with Gasteiger partial charge < -0.3 is 9.99 Å². The minimum Gasteiger partial charge on any atom is -0.325 e. The van der Waals surface area contributed by atoms with Gasteiger partial charge in [0.15, 0.2) is 0 Å². The molecule has 0 unspecified atom stereocenters. The lowest BCUT2D eigenvalue weighted by Crippen LogP contribution is -2.24. The van der Waals surface area contributed by atoms with E-state index < -0.39 is 0 Å². The van der Waals surface area contributed by atoms with Crippen LogP contribution in [0.25, 0.3) is 0 Å². The van der Waals surface area contributed by atoms with E-state index in [-0.39, 0.29) is 5.56 Å². The van der Waals surface area contributed by atoms with Crippen molar-refractivity contribution in [3.63, 3.8) is 0 Å². The first-order valence-corrected chi connectivity index (χ1v) is 4.88. The Morgan fingerprint density at radius 2 is 1.80 bits per heavy atom. The van der Waals surface area contributed by atoms with Crippen LogP contribution in [0.5, 0.6) is 0 Å². The highest BCUT2D eigenvalue weighted by atomic mass is 16.1. The summed E-state index contributed by atoms with van der Waals surface area (Å²) in [4.78, 5) is 11.3. The van der Waals surface area contributed by atoms with Crippen molar-refractivity contribution in [2.24, 2.45) is 0 Å². The fourth-order valence-electron chi connectivity index (χ4n) is 1.38. The number of hydrogen-bond acceptors (Lipinski definition) is 2. The smallest absolute Gasteiger partial charge is 0.250 e. The Balaban J connectivity index is 1.89. The summed E-state index contributed by atoms with van der Waals surface area (Å²) in [6.07, 6.45) is 5.64. The molecule has 0 spiro atoms. The third-order valence-electron chi connectivity index (χ3n) is 2.15. The van der Waals surface area contributed by atoms with Crippen molar-refractivity contribution in [1.82, 2.24) is 9.24 Å². The summed E-state index contributed by atoms with van der Waals surface area (Å²) in [5, 5.41) is 0. The lowest BCUT2D eigenvalue weighted by Gasteiger charge is -2.08. The monoisotopic (exact) mass is 203 g/mol. The van der Waals surface area contributed by atoms with E-state index in [2.05, 4.69) is 5.43 Å². The minimum absolute atomic E-state index is 0.0341. The van der Waals surface area contributed by atoms with Gasteiger partial charge in [0.1, 0.15) is 0 Å². The van der Waals surface area contributed by atoms with E-state index in [1.54, 1.807) is 22.9 Å². The second kappa shape index (κ2) is 4.50. The number of pyridine rings is 1. The number of nitrogens with zero attached hydrogens (tertiary/aromatic N) is 2. The molecule has 0 amide bonds. The summed E-state index contributed by atoms with van der Waals surface area (Å²) in [6.45, 7) is 1.39. The maximum atomic E-state index is 11.3. The lowest BCUT2D eigenvalue weighted by atomic mass is 10.4. The Bertz CT molecular complexity index is 459. The van der Waals surface area contributed by atoms with Gasteiger partial charge in [-0.05, 0) is 18.2 Å². The normalized spacial score (nSPS) is 10.1. The van der Waals surface area contributed by atoms with E-state index in [1.165, 1.54) is 0 Å². The molecule has 0 aliphatic rings. The number of hydrogen-bond donors (Lipinski definition) is 1. The van der Waals surface area contributed by atoms with Crippen molar-refractivity contribution < 1.29 is 0 Å². The second-order valence-corrected chi connectivity index (χ2v) is 3.23. The zero-order valence-corrected chi connectivity index (χ0v) is 8.34. The van der Waals surface area contributed by atoms with Gasteiger partial charge in [-0.1, -0.05) is 6.07 Å². The van der Waals surface area contributed by atoms with E-state index in [4.69, 9.17) is 0 Å². The van der Waals surface area contributed by atoms with Crippen LogP contribution in [0, 0.1) is 0 Å². The van der Waals surface area contributed by atoms with Gasteiger partial charge in [0.2, 0.25) is 0 Å². The van der Waals surface area contributed by atoms with Gasteiger partial charge in [0, 0.05) is 37.7 Å². The molecule has 0 saturated heterocycles. The first-order valence-electron chi connectivity index (χ1n) is 4.88. The summed E-state index contributed by atoms with van der Waals surface area (Å²) in [6, 6.07) is 9.06. The molecule has 2 aromatic heterocycles. The first kappa shape index (κ1) is 9.58. The van der Waals surface area contributed by atoms with Crippen LogP contribution in [0.3, 0.4) is 0 Å². The molecule has 2 rings (SSSR count). The highest BCUT2D eigenvalue weighted by Crippen LogP contribution is 1.86. The van der Waals surface area contributed by atoms with E-state index >= 15 is 0 Å². The van der Waals surface area contributed by atoms with E-state index in [9.17, 15) is 4.79 Å². The third-order valence-corrected chi connectivity index (χ3v) is 2.15. The van der Waals surface area contributed by atoms with Gasteiger partial charge in [-0.15, -0.1) is 0 Å². The molecule has 2 aromatic rings. The predicted molar refractivity (Wildman–Crippen MR) is 59.4 cm³/mol. The third kappa shape index (κ3) is 2.49. The Labute approximate surface area is 87.7 Å². The summed E-state index contributed by atoms with van der Waals surface area (Å²) < 4.78 is 3.55. The Morgan fingerprint density at radius 1 is 1.07 bits per heavy atom. The van der Waals surface area contributed by atoms with Gasteiger partial charge in [-0.2, -0.15) is 0 Å². The Morgan fingerprint density at radius 3 is 2.53 bits per heavy atom. The van der Waals surface area contributed by atoms with Crippen molar-refractivity contribution >= 4 is 0 Å². The SMILES string of the molecule is O=c1ccccn1CCNn1cccc1. The molecule has 4 nitrogen and oxygen atoms in total. The lowest BCUT2D eigenvalue weighted by molar-refractivity contribution is 0.663. The highest BCUT2D eigenvalue weighted by molar-refractivity contribution is 4.95. The average molecular weight is 203 g/mol. The second-order valence-electron chi connectivity index (χ2n) is 3.23. The maximum Gasteiger partial charge on any atom is 0.250 e. The van der Waals surface area contributed by atoms with Crippen molar-refractivity contribution in [3.8, 4) is 0 Å². The fourth-order valence-corrected chi connectivity index (χ4v) is 1.38. The van der Waals surface area contributed by atoms with Crippen LogP contribution in [-0.2, 0) is 6.54 Å². The molecule has 15 heavy (non-hydrogen) atoms. The van der Waals surface area contributed by atoms with Gasteiger partial charge in [-0.3, -0.25) is 9.47 Å². The van der Waals surface area contributed by atoms with E-state index in [0.717, 1.165) is 6.54 Å². The van der Waals surface area contributed by atoms with Crippen LogP contribution in [0.1, 0.15) is 0 Å². The van der Waals surface area contributed by atoms with Crippen LogP contribution >= 0.6 is 0 Å². The standard InChI is InChI=1S/C11H13N3O/c15-11-5-1-2-7-13(11)10-6-12-14-8-3-4-9-14/h1-5,7-9,12H,6,10H2. The molecule has 0 fully saturated rings. The summed E-state index contributed by atoms with van der Waals surface area (Å²) >= 11 is 0. The highest BCUT2D eigenvalue weighted by Gasteiger charge is 1.92. The van der Waals surface area contributed by atoms with Gasteiger partial charge in [0.25, 0.3) is 5.56 Å². The molecule has 0 aliphatic carbocycles. The quantitative estimate of drug-likeness (QED) is 0.801. The van der Waals surface area contributed by atoms with Crippen LogP contribution < -0.4 is 11.0 Å². The maximum absolute atomic E-state index is 11.3. The fraction of sp³-hybridized carbons (Fsp3) is 0.182. The molecule has 4 heteroatoms. The van der Waals surface area contributed by atoms with Crippen LogP contribution in [-0.4, -0.2) is 15.8 Å². The van der Waals surface area contributed by atoms with Crippen LogP contribution in [0.4, 0.5) is 0 Å². The molecular formula is C11H13N3O. The van der Waals surface area contributed by atoms with Gasteiger partial charge >= 0.3 is 0 Å². The topological polar surface area (TPSA) is 39.0 Å². The number of aromatic nitrogens is 2. The largest absolute Gasteiger partial charge is 0.325 e. The first-order chi connectivity index (χ1) is 7.36. The molecule has 0 radical (unpaired) electrons. The molecule has 0 bridgehead atoms. The van der Waals surface area contributed by atoms with Gasteiger partial charge in [-0.25, -0.2) is 0 Å². The van der Waals surface area contributed by atoms with Crippen molar-refractivity contribution in [2.75, 3.05) is 12.0 Å². The molecule has 0 aliphatic heterocycles. The predicted octanol–water partition coefficient (Wildman–Crippen LogP) is 0.893. The average Bonchev–Trinajstić information content (AvgIpc) is 2.74. The molecule has 0 aromatic carbocycles. The molecule has 0 saturated carbocycles. The summed E-state index contributed by atoms with van der Waals surface area (Å²) in [5.74, 6) is 0. The number of rotatable bonds is 4. The Kier molecular flexibility index (Phi) is 2.88. The van der Waals surface area contributed by atoms with Crippen molar-refractivity contribution in [3.05, 3.63) is 59.3 Å². The zero-order chi connectivity index (χ0) is 10.5. The van der Waals surface area contributed by atoms with E-state index in [0.29, 0.717) is 6.54 Å². The van der Waals surface area contributed by atoms with Crippen LogP contribution in [0.15, 0.2) is 53.7 Å². The zero-order valence-electron chi connectivity index (χ0n) is 8.34. The van der Waals surface area contributed by atoms with Crippen LogP contribution in [0.2, 0.25) is 0 Å². The van der Waals surface area contributed by atoms with Crippen molar-refractivity contribution in [1.29, 1.82) is 0 Å². The molecule has 1 N–H and O–H groups in total. The molecular weight excluding hydrogens is 190 g/mol. The van der Waals surface area contributed by atoms with Gasteiger partial charge in [0.05, 0.1) is 0 Å². The Hall–Kier alpha value is -1.97. The molecule has 2 heterocycles. The van der Waals surface area contributed by atoms with E-state index in [1.807, 2.05) is 35.3 Å². The van der Waals surface area contributed by atoms with Crippen molar-refractivity contribution in [2.45, 2.75) is 6.54 Å².